The van der Waals surface area contributed by atoms with E-state index in [-0.39, 0.29) is 5.54 Å². The Morgan fingerprint density at radius 2 is 2.10 bits per heavy atom. The molecule has 1 saturated carbocycles. The van der Waals surface area contributed by atoms with Gasteiger partial charge in [-0.1, -0.05) is 13.8 Å². The van der Waals surface area contributed by atoms with E-state index in [2.05, 4.69) is 47.4 Å². The van der Waals surface area contributed by atoms with E-state index in [1.807, 2.05) is 0 Å². The molecule has 5 heteroatoms. The molecule has 0 unspecified atom stereocenters. The third kappa shape index (κ3) is 2.73. The van der Waals surface area contributed by atoms with Crippen LogP contribution in [0.25, 0.3) is 10.2 Å². The van der Waals surface area contributed by atoms with Crippen LogP contribution in [0.5, 0.6) is 0 Å². The number of thiophene rings is 1. The first-order valence-corrected chi connectivity index (χ1v) is 8.27. The molecule has 4 nitrogen and oxygen atoms in total. The SMILES string of the molecule is CCCNc1nc(NC2(C)CC2)c2cc(CC)sc2n1. The van der Waals surface area contributed by atoms with Crippen molar-refractivity contribution in [1.82, 2.24) is 9.97 Å². The monoisotopic (exact) mass is 290 g/mol. The summed E-state index contributed by atoms with van der Waals surface area (Å²) in [5.74, 6) is 1.74. The zero-order chi connectivity index (χ0) is 14.2. The molecule has 20 heavy (non-hydrogen) atoms. The zero-order valence-corrected chi connectivity index (χ0v) is 13.2. The predicted octanol–water partition coefficient (Wildman–Crippen LogP) is 4.04. The Morgan fingerprint density at radius 1 is 1.30 bits per heavy atom. The van der Waals surface area contributed by atoms with Crippen LogP contribution in [-0.4, -0.2) is 22.1 Å². The maximum atomic E-state index is 4.68. The van der Waals surface area contributed by atoms with Gasteiger partial charge >= 0.3 is 0 Å². The number of nitrogens with one attached hydrogen (secondary N) is 2. The van der Waals surface area contributed by atoms with Gasteiger partial charge < -0.3 is 10.6 Å². The fraction of sp³-hybridized carbons (Fsp3) is 0.600. The van der Waals surface area contributed by atoms with E-state index in [1.54, 1.807) is 11.3 Å². The van der Waals surface area contributed by atoms with Crippen LogP contribution >= 0.6 is 11.3 Å². The molecule has 2 aromatic heterocycles. The molecule has 0 spiro atoms. The average molecular weight is 290 g/mol. The van der Waals surface area contributed by atoms with Crippen LogP contribution < -0.4 is 10.6 Å². The van der Waals surface area contributed by atoms with Gasteiger partial charge in [-0.25, -0.2) is 4.98 Å². The molecule has 0 radical (unpaired) electrons. The van der Waals surface area contributed by atoms with Gasteiger partial charge in [0, 0.05) is 17.0 Å². The zero-order valence-electron chi connectivity index (χ0n) is 12.4. The highest BCUT2D eigenvalue weighted by atomic mass is 32.1. The van der Waals surface area contributed by atoms with Crippen molar-refractivity contribution in [2.75, 3.05) is 17.2 Å². The molecule has 1 aliphatic rings. The van der Waals surface area contributed by atoms with Gasteiger partial charge in [0.15, 0.2) is 0 Å². The second kappa shape index (κ2) is 5.20. The molecule has 1 fully saturated rings. The Hall–Kier alpha value is -1.36. The van der Waals surface area contributed by atoms with Crippen molar-refractivity contribution in [2.45, 2.75) is 52.0 Å². The molecular weight excluding hydrogens is 268 g/mol. The van der Waals surface area contributed by atoms with Gasteiger partial charge in [-0.3, -0.25) is 0 Å². The van der Waals surface area contributed by atoms with Crippen LogP contribution in [0, 0.1) is 0 Å². The maximum absolute atomic E-state index is 4.68. The number of rotatable bonds is 6. The highest BCUT2D eigenvalue weighted by Crippen LogP contribution is 2.40. The van der Waals surface area contributed by atoms with E-state index in [9.17, 15) is 0 Å². The molecule has 2 aromatic rings. The largest absolute Gasteiger partial charge is 0.364 e. The second-order valence-corrected chi connectivity index (χ2v) is 6.91. The minimum atomic E-state index is 0.234. The first kappa shape index (κ1) is 13.6. The van der Waals surface area contributed by atoms with E-state index in [4.69, 9.17) is 0 Å². The first-order valence-electron chi connectivity index (χ1n) is 7.46. The summed E-state index contributed by atoms with van der Waals surface area (Å²) in [4.78, 5) is 11.8. The van der Waals surface area contributed by atoms with Gasteiger partial charge in [0.25, 0.3) is 0 Å². The van der Waals surface area contributed by atoms with Crippen LogP contribution in [0.15, 0.2) is 6.07 Å². The smallest absolute Gasteiger partial charge is 0.226 e. The number of anilines is 2. The third-order valence-electron chi connectivity index (χ3n) is 3.75. The van der Waals surface area contributed by atoms with Crippen LogP contribution in [0.3, 0.4) is 0 Å². The van der Waals surface area contributed by atoms with Crippen molar-refractivity contribution in [3.05, 3.63) is 10.9 Å². The summed E-state index contributed by atoms with van der Waals surface area (Å²) in [6.45, 7) is 7.50. The van der Waals surface area contributed by atoms with Gasteiger partial charge in [-0.05, 0) is 38.7 Å². The van der Waals surface area contributed by atoms with Crippen LogP contribution in [0.4, 0.5) is 11.8 Å². The van der Waals surface area contributed by atoms with Crippen molar-refractivity contribution < 1.29 is 0 Å². The van der Waals surface area contributed by atoms with Crippen molar-refractivity contribution >= 4 is 33.3 Å². The summed E-state index contributed by atoms with van der Waals surface area (Å²) in [5.41, 5.74) is 0.234. The normalized spacial score (nSPS) is 16.4. The van der Waals surface area contributed by atoms with Crippen LogP contribution in [0.1, 0.15) is 44.9 Å². The van der Waals surface area contributed by atoms with Gasteiger partial charge in [0.2, 0.25) is 5.95 Å². The molecule has 0 atom stereocenters. The summed E-state index contributed by atoms with van der Waals surface area (Å²) in [5, 5.41) is 8.08. The van der Waals surface area contributed by atoms with Gasteiger partial charge in [0.1, 0.15) is 10.6 Å². The Bertz CT molecular complexity index is 616. The van der Waals surface area contributed by atoms with Crippen LogP contribution in [-0.2, 0) is 6.42 Å². The fourth-order valence-electron chi connectivity index (χ4n) is 2.16. The summed E-state index contributed by atoms with van der Waals surface area (Å²) < 4.78 is 0. The molecule has 2 heterocycles. The molecule has 3 rings (SSSR count). The number of fused-ring (bicyclic) bond motifs is 1. The summed E-state index contributed by atoms with van der Waals surface area (Å²) in [6, 6.07) is 2.23. The molecule has 108 valence electrons. The van der Waals surface area contributed by atoms with E-state index < -0.39 is 0 Å². The van der Waals surface area contributed by atoms with E-state index >= 15 is 0 Å². The predicted molar refractivity (Wildman–Crippen MR) is 86.8 cm³/mol. The molecule has 0 saturated heterocycles. The maximum Gasteiger partial charge on any atom is 0.226 e. The number of aromatic nitrogens is 2. The summed E-state index contributed by atoms with van der Waals surface area (Å²) >= 11 is 1.77. The second-order valence-electron chi connectivity index (χ2n) is 5.79. The molecule has 0 amide bonds. The molecule has 0 bridgehead atoms. The lowest BCUT2D eigenvalue weighted by molar-refractivity contribution is 0.822. The van der Waals surface area contributed by atoms with E-state index in [1.165, 1.54) is 23.1 Å². The third-order valence-corrected chi connectivity index (χ3v) is 4.92. The fourth-order valence-corrected chi connectivity index (χ4v) is 3.12. The van der Waals surface area contributed by atoms with Crippen molar-refractivity contribution in [1.29, 1.82) is 0 Å². The lowest BCUT2D eigenvalue weighted by Crippen LogP contribution is -2.18. The minimum Gasteiger partial charge on any atom is -0.364 e. The average Bonchev–Trinajstić information content (AvgIpc) is 3.01. The first-order chi connectivity index (χ1) is 9.63. The lowest BCUT2D eigenvalue weighted by atomic mass is 10.2. The van der Waals surface area contributed by atoms with Crippen molar-refractivity contribution in [3.8, 4) is 0 Å². The van der Waals surface area contributed by atoms with Crippen molar-refractivity contribution in [2.24, 2.45) is 0 Å². The summed E-state index contributed by atoms with van der Waals surface area (Å²) in [7, 11) is 0. The number of nitrogens with zero attached hydrogens (tertiary/aromatic N) is 2. The Morgan fingerprint density at radius 3 is 2.75 bits per heavy atom. The van der Waals surface area contributed by atoms with Gasteiger partial charge in [-0.15, -0.1) is 11.3 Å². The Labute approximate surface area is 124 Å². The quantitative estimate of drug-likeness (QED) is 0.843. The van der Waals surface area contributed by atoms with E-state index in [0.29, 0.717) is 0 Å². The highest BCUT2D eigenvalue weighted by Gasteiger charge is 2.38. The van der Waals surface area contributed by atoms with Crippen molar-refractivity contribution in [3.63, 3.8) is 0 Å². The molecule has 0 aliphatic heterocycles. The highest BCUT2D eigenvalue weighted by molar-refractivity contribution is 7.18. The van der Waals surface area contributed by atoms with E-state index in [0.717, 1.165) is 36.0 Å². The lowest BCUT2D eigenvalue weighted by Gasteiger charge is -2.14. The summed E-state index contributed by atoms with van der Waals surface area (Å²) in [6.07, 6.45) is 4.57. The molecule has 0 aromatic carbocycles. The topological polar surface area (TPSA) is 49.8 Å². The molecule has 2 N–H and O–H groups in total. The number of aryl methyl sites for hydroxylation is 1. The van der Waals surface area contributed by atoms with Gasteiger partial charge in [0.05, 0.1) is 5.39 Å². The Kier molecular flexibility index (Phi) is 3.54. The molecular formula is C15H22N4S. The standard InChI is InChI=1S/C15H22N4S/c1-4-8-16-14-17-12(19-15(3)6-7-15)11-9-10(5-2)20-13(11)18-14/h9H,4-8H2,1-3H3,(H2,16,17,18,19). The minimum absolute atomic E-state index is 0.234. The molecule has 1 aliphatic carbocycles. The van der Waals surface area contributed by atoms with Crippen LogP contribution in [0.2, 0.25) is 0 Å². The Balaban J connectivity index is 2.00. The number of hydrogen-bond donors (Lipinski definition) is 2. The number of hydrogen-bond acceptors (Lipinski definition) is 5. The van der Waals surface area contributed by atoms with Gasteiger partial charge in [-0.2, -0.15) is 4.98 Å².